The Morgan fingerprint density at radius 1 is 1.00 bits per heavy atom. The van der Waals surface area contributed by atoms with E-state index in [-0.39, 0.29) is 29.3 Å². The molecule has 0 bridgehead atoms. The van der Waals surface area contributed by atoms with Gasteiger partial charge in [-0.1, -0.05) is 0 Å². The number of carbonyl (C=O) groups excluding carboxylic acids is 2. The van der Waals surface area contributed by atoms with Crippen LogP contribution in [0, 0.1) is 0 Å². The maximum Gasteiger partial charge on any atom is 2.00 e. The summed E-state index contributed by atoms with van der Waals surface area (Å²) in [5, 5.41) is 0. The van der Waals surface area contributed by atoms with E-state index in [1.807, 2.05) is 0 Å². The Bertz CT molecular complexity index is 34.7. The van der Waals surface area contributed by atoms with Crippen molar-refractivity contribution in [3.63, 3.8) is 0 Å². The van der Waals surface area contributed by atoms with Crippen molar-refractivity contribution in [2.75, 3.05) is 0 Å². The third-order valence-electron chi connectivity index (χ3n) is 0. The van der Waals surface area contributed by atoms with Gasteiger partial charge >= 0.3 is 16.5 Å². The van der Waals surface area contributed by atoms with Crippen molar-refractivity contribution in [3.05, 3.63) is 11.5 Å². The van der Waals surface area contributed by atoms with Crippen LogP contribution in [0.15, 0.2) is 0 Å². The van der Waals surface area contributed by atoms with Crippen molar-refractivity contribution in [3.8, 4) is 0 Å². The zero-order valence-corrected chi connectivity index (χ0v) is 4.28. The maximum atomic E-state index is 8.47. The summed E-state index contributed by atoms with van der Waals surface area (Å²) in [6.07, 6.45) is 0. The summed E-state index contributed by atoms with van der Waals surface area (Å²) in [6.45, 7) is 0. The van der Waals surface area contributed by atoms with Crippen LogP contribution in [0.3, 0.4) is 0 Å². The van der Waals surface area contributed by atoms with Gasteiger partial charge < -0.3 is 21.1 Å². The smallest absolute Gasteiger partial charge is 0.671 e. The molecule has 0 saturated heterocycles. The number of rotatable bonds is 0. The van der Waals surface area contributed by atoms with E-state index >= 15 is 0 Å². The fraction of sp³-hybridized carbons (Fsp3) is 0. The van der Waals surface area contributed by atoms with E-state index in [0.717, 1.165) is 0 Å². The molecule has 0 aliphatic carbocycles. The molecule has 44 valence electrons. The van der Waals surface area contributed by atoms with Gasteiger partial charge in [-0.2, -0.15) is 0 Å². The zero-order chi connectivity index (χ0) is 5.41. The molecule has 0 spiro atoms. The molecule has 0 aliphatic rings. The molecular formula is C2H4N2NiO2. The second kappa shape index (κ2) is 52.0. The van der Waals surface area contributed by atoms with Crippen LogP contribution in [0.25, 0.3) is 11.5 Å². The quantitative estimate of drug-likeness (QED) is 0.366. The summed E-state index contributed by atoms with van der Waals surface area (Å²) >= 11 is 0. The van der Waals surface area contributed by atoms with Crippen LogP contribution in [0.1, 0.15) is 0 Å². The van der Waals surface area contributed by atoms with Gasteiger partial charge in [-0.15, -0.1) is 0 Å². The maximum absolute atomic E-state index is 8.47. The fourth-order valence-corrected chi connectivity index (χ4v) is 0. The Kier molecular flexibility index (Phi) is 120. The molecule has 0 heterocycles. The molecule has 5 heteroatoms. The Labute approximate surface area is 51.2 Å². The predicted octanol–water partition coefficient (Wildman–Crippen LogP) is 0.388. The third kappa shape index (κ3) is 200. The van der Waals surface area contributed by atoms with Crippen LogP contribution < -0.4 is 0 Å². The van der Waals surface area contributed by atoms with Gasteiger partial charge in [-0.3, -0.25) is 0 Å². The Morgan fingerprint density at radius 2 is 1.00 bits per heavy atom. The fourth-order valence-electron chi connectivity index (χ4n) is 0. The number of hydrogen-bond acceptors (Lipinski definition) is 2. The summed E-state index contributed by atoms with van der Waals surface area (Å²) in [4.78, 5) is 16.9. The van der Waals surface area contributed by atoms with Crippen molar-refractivity contribution in [1.29, 1.82) is 0 Å². The van der Waals surface area contributed by atoms with Crippen LogP contribution in [-0.4, -0.2) is 12.8 Å². The molecule has 0 aromatic heterocycles. The average molecular weight is 147 g/mol. The summed E-state index contributed by atoms with van der Waals surface area (Å²) in [5.41, 5.74) is 11.1. The standard InChI is InChI=1S/2CH3NO.Ni/c2*2-1-3;/h2*1H,(H2,2,3);/q;;+2/p-2. The van der Waals surface area contributed by atoms with Crippen molar-refractivity contribution in [2.45, 2.75) is 0 Å². The monoisotopic (exact) mass is 146 g/mol. The molecule has 0 atom stereocenters. The van der Waals surface area contributed by atoms with Gasteiger partial charge in [0.05, 0.1) is 0 Å². The van der Waals surface area contributed by atoms with E-state index in [9.17, 15) is 0 Å². The topological polar surface area (TPSA) is 81.7 Å². The van der Waals surface area contributed by atoms with Gasteiger partial charge in [-0.05, 0) is 0 Å². The van der Waals surface area contributed by atoms with Crippen LogP contribution in [0.2, 0.25) is 0 Å². The first-order chi connectivity index (χ1) is 2.83. The molecule has 0 saturated carbocycles. The number of hydrogen-bond donors (Lipinski definition) is 0. The number of carbonyl (C=O) groups is 2. The second-order valence-corrected chi connectivity index (χ2v) is 0.236. The number of amides is 2. The Morgan fingerprint density at radius 3 is 1.00 bits per heavy atom. The van der Waals surface area contributed by atoms with Crippen LogP contribution in [0.5, 0.6) is 0 Å². The van der Waals surface area contributed by atoms with Crippen molar-refractivity contribution in [1.82, 2.24) is 0 Å². The van der Waals surface area contributed by atoms with Gasteiger partial charge in [0, 0.05) is 12.8 Å². The molecule has 0 aliphatic heterocycles. The predicted molar refractivity (Wildman–Crippen MR) is 20.8 cm³/mol. The first-order valence-electron chi connectivity index (χ1n) is 1.05. The van der Waals surface area contributed by atoms with E-state index < -0.39 is 0 Å². The molecule has 7 heavy (non-hydrogen) atoms. The molecule has 2 amide bonds. The van der Waals surface area contributed by atoms with E-state index in [1.165, 1.54) is 0 Å². The summed E-state index contributed by atoms with van der Waals surface area (Å²) in [6, 6.07) is 0. The van der Waals surface area contributed by atoms with Crippen LogP contribution in [-0.2, 0) is 26.1 Å². The van der Waals surface area contributed by atoms with Gasteiger partial charge in [0.2, 0.25) is 0 Å². The SMILES string of the molecule is [NH-]C=O.[NH-]C=O.[Ni+2]. The summed E-state index contributed by atoms with van der Waals surface area (Å²) in [5.74, 6) is 0. The average Bonchev–Trinajstić information content (AvgIpc) is 1.39. The summed E-state index contributed by atoms with van der Waals surface area (Å²) < 4.78 is 0. The third-order valence-corrected chi connectivity index (χ3v) is 0. The Balaban J connectivity index is -0.0000000400. The van der Waals surface area contributed by atoms with E-state index in [1.54, 1.807) is 0 Å². The second-order valence-electron chi connectivity index (χ2n) is 0.236. The molecule has 0 radical (unpaired) electrons. The minimum absolute atomic E-state index is 0. The van der Waals surface area contributed by atoms with Crippen LogP contribution in [0.4, 0.5) is 0 Å². The largest absolute Gasteiger partial charge is 2.00 e. The summed E-state index contributed by atoms with van der Waals surface area (Å²) in [7, 11) is 0. The molecule has 0 unspecified atom stereocenters. The van der Waals surface area contributed by atoms with E-state index in [2.05, 4.69) is 0 Å². The van der Waals surface area contributed by atoms with Gasteiger partial charge in [0.1, 0.15) is 0 Å². The first kappa shape index (κ1) is 16.1. The van der Waals surface area contributed by atoms with E-state index in [0.29, 0.717) is 0 Å². The first-order valence-corrected chi connectivity index (χ1v) is 1.05. The minimum Gasteiger partial charge on any atom is -0.671 e. The minimum atomic E-state index is 0. The van der Waals surface area contributed by atoms with Gasteiger partial charge in [0.15, 0.2) is 0 Å². The van der Waals surface area contributed by atoms with E-state index in [4.69, 9.17) is 21.1 Å². The Hall–Kier alpha value is -0.566. The normalized spacial score (nSPS) is 3.43. The molecule has 0 aromatic rings. The molecule has 0 aromatic carbocycles. The van der Waals surface area contributed by atoms with Crippen molar-refractivity contribution >= 4 is 12.8 Å². The molecule has 2 N–H and O–H groups in total. The van der Waals surface area contributed by atoms with Gasteiger partial charge in [-0.25, -0.2) is 0 Å². The van der Waals surface area contributed by atoms with Crippen molar-refractivity contribution in [2.24, 2.45) is 0 Å². The molecule has 0 rings (SSSR count). The molecular weight excluding hydrogens is 143 g/mol. The number of nitrogens with one attached hydrogen (secondary N) is 2. The van der Waals surface area contributed by atoms with Gasteiger partial charge in [0.25, 0.3) is 0 Å². The van der Waals surface area contributed by atoms with Crippen LogP contribution >= 0.6 is 0 Å². The van der Waals surface area contributed by atoms with Crippen molar-refractivity contribution < 1.29 is 26.1 Å². The molecule has 4 nitrogen and oxygen atoms in total. The molecule has 0 fully saturated rings. The zero-order valence-electron chi connectivity index (χ0n) is 3.29.